The van der Waals surface area contributed by atoms with Gasteiger partial charge in [0.2, 0.25) is 0 Å². The van der Waals surface area contributed by atoms with Gasteiger partial charge in [0.25, 0.3) is 0 Å². The second-order valence-corrected chi connectivity index (χ2v) is 5.53. The molecule has 0 spiro atoms. The maximum atomic E-state index is 11.7. The third kappa shape index (κ3) is 5.79. The third-order valence-electron chi connectivity index (χ3n) is 3.47. The molecule has 1 heterocycles. The molecule has 0 aliphatic carbocycles. The number of hydrogen-bond acceptors (Lipinski definition) is 5. The molecule has 1 N–H and O–H groups in total. The van der Waals surface area contributed by atoms with Crippen molar-refractivity contribution < 1.29 is 18.7 Å². The predicted octanol–water partition coefficient (Wildman–Crippen LogP) is 3.12. The van der Waals surface area contributed by atoms with E-state index < -0.39 is 0 Å². The molecule has 7 heteroatoms. The van der Waals surface area contributed by atoms with Crippen molar-refractivity contribution in [3.05, 3.63) is 48.4 Å². The summed E-state index contributed by atoms with van der Waals surface area (Å²) >= 11 is 5.50. The Labute approximate surface area is 152 Å². The molecule has 0 unspecified atom stereocenters. The van der Waals surface area contributed by atoms with Crippen LogP contribution in [0.15, 0.2) is 47.1 Å². The molecule has 0 bridgehead atoms. The second kappa shape index (κ2) is 9.68. The molecule has 0 atom stereocenters. The summed E-state index contributed by atoms with van der Waals surface area (Å²) in [6.45, 7) is 3.03. The zero-order valence-corrected chi connectivity index (χ0v) is 15.2. The molecular formula is C18H22N2O4S. The Morgan fingerprint density at radius 3 is 2.64 bits per heavy atom. The maximum Gasteiger partial charge on any atom is 0.307 e. The number of methoxy groups -OCH3 is 1. The molecule has 6 nitrogen and oxygen atoms in total. The summed E-state index contributed by atoms with van der Waals surface area (Å²) in [5.74, 6) is 1.28. The quantitative estimate of drug-likeness (QED) is 0.572. The highest BCUT2D eigenvalue weighted by molar-refractivity contribution is 7.80. The topological polar surface area (TPSA) is 63.9 Å². The number of nitrogens with zero attached hydrogens (tertiary/aromatic N) is 1. The van der Waals surface area contributed by atoms with Gasteiger partial charge in [-0.1, -0.05) is 0 Å². The predicted molar refractivity (Wildman–Crippen MR) is 99.7 cm³/mol. The van der Waals surface area contributed by atoms with E-state index in [1.54, 1.807) is 20.3 Å². The molecule has 0 amide bonds. The van der Waals surface area contributed by atoms with Crippen molar-refractivity contribution in [3.8, 4) is 5.75 Å². The normalized spacial score (nSPS) is 10.2. The highest BCUT2D eigenvalue weighted by atomic mass is 32.1. The van der Waals surface area contributed by atoms with Crippen LogP contribution in [-0.4, -0.2) is 31.3 Å². The van der Waals surface area contributed by atoms with Crippen molar-refractivity contribution >= 4 is 29.0 Å². The average Bonchev–Trinajstić information content (AvgIpc) is 3.14. The van der Waals surface area contributed by atoms with Crippen molar-refractivity contribution in [2.75, 3.05) is 25.2 Å². The summed E-state index contributed by atoms with van der Waals surface area (Å²) in [4.78, 5) is 13.6. The number of esters is 1. The Morgan fingerprint density at radius 2 is 2.04 bits per heavy atom. The van der Waals surface area contributed by atoms with E-state index in [1.807, 2.05) is 41.3 Å². The average molecular weight is 362 g/mol. The van der Waals surface area contributed by atoms with E-state index in [0.29, 0.717) is 24.8 Å². The van der Waals surface area contributed by atoms with Gasteiger partial charge in [0.1, 0.15) is 11.5 Å². The van der Waals surface area contributed by atoms with Gasteiger partial charge in [-0.05, 0) is 55.5 Å². The van der Waals surface area contributed by atoms with Crippen molar-refractivity contribution in [2.24, 2.45) is 0 Å². The summed E-state index contributed by atoms with van der Waals surface area (Å²) in [5.41, 5.74) is 0.863. The molecule has 0 radical (unpaired) electrons. The van der Waals surface area contributed by atoms with Gasteiger partial charge < -0.3 is 24.1 Å². The molecule has 0 saturated heterocycles. The smallest absolute Gasteiger partial charge is 0.307 e. The lowest BCUT2D eigenvalue weighted by Gasteiger charge is -2.25. The molecule has 25 heavy (non-hydrogen) atoms. The van der Waals surface area contributed by atoms with Gasteiger partial charge in [-0.25, -0.2) is 0 Å². The summed E-state index contributed by atoms with van der Waals surface area (Å²) in [5, 5.41) is 3.65. The van der Waals surface area contributed by atoms with Gasteiger partial charge in [-0.15, -0.1) is 0 Å². The van der Waals surface area contributed by atoms with Crippen LogP contribution in [0.3, 0.4) is 0 Å². The number of thiocarbonyl (C=S) groups is 1. The van der Waals surface area contributed by atoms with Gasteiger partial charge in [0.15, 0.2) is 5.11 Å². The highest BCUT2D eigenvalue weighted by Crippen LogP contribution is 2.20. The Hall–Kier alpha value is -2.54. The minimum Gasteiger partial charge on any atom is -0.497 e. The van der Waals surface area contributed by atoms with Crippen LogP contribution in [0.1, 0.15) is 19.1 Å². The third-order valence-corrected chi connectivity index (χ3v) is 3.83. The lowest BCUT2D eigenvalue weighted by Crippen LogP contribution is -2.40. The van der Waals surface area contributed by atoms with Gasteiger partial charge >= 0.3 is 5.97 Å². The Morgan fingerprint density at radius 1 is 1.28 bits per heavy atom. The van der Waals surface area contributed by atoms with E-state index in [0.717, 1.165) is 17.2 Å². The van der Waals surface area contributed by atoms with E-state index >= 15 is 0 Å². The minimum atomic E-state index is -0.255. The van der Waals surface area contributed by atoms with Crippen molar-refractivity contribution in [1.29, 1.82) is 0 Å². The van der Waals surface area contributed by atoms with Crippen LogP contribution in [0.5, 0.6) is 5.75 Å². The van der Waals surface area contributed by atoms with Crippen LogP contribution in [0.2, 0.25) is 0 Å². The van der Waals surface area contributed by atoms with Crippen LogP contribution >= 0.6 is 12.2 Å². The maximum absolute atomic E-state index is 11.7. The first-order chi connectivity index (χ1) is 12.1. The van der Waals surface area contributed by atoms with Gasteiger partial charge in [0, 0.05) is 12.2 Å². The first-order valence-corrected chi connectivity index (χ1v) is 8.42. The Kier molecular flexibility index (Phi) is 7.28. The molecule has 2 rings (SSSR count). The summed E-state index contributed by atoms with van der Waals surface area (Å²) < 4.78 is 15.5. The fourth-order valence-corrected chi connectivity index (χ4v) is 2.49. The zero-order chi connectivity index (χ0) is 18.1. The molecule has 0 aliphatic rings. The Bertz CT molecular complexity index is 671. The molecule has 2 aromatic rings. The number of anilines is 1. The zero-order valence-electron chi connectivity index (χ0n) is 14.4. The van der Waals surface area contributed by atoms with Crippen LogP contribution in [0.4, 0.5) is 5.69 Å². The van der Waals surface area contributed by atoms with E-state index in [2.05, 4.69) is 5.32 Å². The molecule has 0 aliphatic heterocycles. The lowest BCUT2D eigenvalue weighted by atomic mass is 10.2. The minimum absolute atomic E-state index is 0.239. The van der Waals surface area contributed by atoms with Crippen LogP contribution in [0, 0.1) is 0 Å². The fraction of sp³-hybridized carbons (Fsp3) is 0.333. The number of carbonyl (C=O) groups excluding carboxylic acids is 1. The van der Waals surface area contributed by atoms with Gasteiger partial charge in [0.05, 0.1) is 32.9 Å². The number of furan rings is 1. The monoisotopic (exact) mass is 362 g/mol. The highest BCUT2D eigenvalue weighted by Gasteiger charge is 2.15. The first kappa shape index (κ1) is 18.8. The van der Waals surface area contributed by atoms with Crippen molar-refractivity contribution in [2.45, 2.75) is 19.9 Å². The fourth-order valence-electron chi connectivity index (χ4n) is 2.22. The van der Waals surface area contributed by atoms with E-state index in [4.69, 9.17) is 26.1 Å². The summed E-state index contributed by atoms with van der Waals surface area (Å²) in [6, 6.07) is 11.2. The molecular weight excluding hydrogens is 340 g/mol. The number of benzene rings is 1. The van der Waals surface area contributed by atoms with Crippen molar-refractivity contribution in [1.82, 2.24) is 5.32 Å². The number of nitrogens with one attached hydrogen (secondary N) is 1. The number of hydrogen-bond donors (Lipinski definition) is 1. The number of rotatable bonds is 8. The Balaban J connectivity index is 2.06. The van der Waals surface area contributed by atoms with Gasteiger partial charge in [-0.3, -0.25) is 4.79 Å². The number of ether oxygens (including phenoxy) is 2. The van der Waals surface area contributed by atoms with Crippen LogP contribution in [0.25, 0.3) is 0 Å². The van der Waals surface area contributed by atoms with Crippen molar-refractivity contribution in [3.63, 3.8) is 0 Å². The van der Waals surface area contributed by atoms with E-state index in [9.17, 15) is 4.79 Å². The molecule has 134 valence electrons. The molecule has 1 aromatic carbocycles. The van der Waals surface area contributed by atoms with Crippen LogP contribution < -0.4 is 15.0 Å². The van der Waals surface area contributed by atoms with Crippen LogP contribution in [-0.2, 0) is 16.1 Å². The summed E-state index contributed by atoms with van der Waals surface area (Å²) in [7, 11) is 1.61. The standard InChI is InChI=1S/C18H22N2O4S/c1-3-23-17(21)10-11-20(14-6-8-15(22-2)9-7-14)18(25)19-13-16-5-4-12-24-16/h4-9,12H,3,10-11,13H2,1-2H3,(H,19,25). The molecule has 1 aromatic heterocycles. The largest absolute Gasteiger partial charge is 0.497 e. The summed E-state index contributed by atoms with van der Waals surface area (Å²) in [6.07, 6.45) is 1.85. The van der Waals surface area contributed by atoms with E-state index in [-0.39, 0.29) is 12.4 Å². The number of carbonyl (C=O) groups is 1. The molecule has 0 fully saturated rings. The lowest BCUT2D eigenvalue weighted by molar-refractivity contribution is -0.142. The molecule has 0 saturated carbocycles. The van der Waals surface area contributed by atoms with E-state index in [1.165, 1.54) is 0 Å². The van der Waals surface area contributed by atoms with Gasteiger partial charge in [-0.2, -0.15) is 0 Å². The first-order valence-electron chi connectivity index (χ1n) is 8.01. The SMILES string of the molecule is CCOC(=O)CCN(C(=S)NCc1ccco1)c1ccc(OC)cc1. The second-order valence-electron chi connectivity index (χ2n) is 5.14.